The van der Waals surface area contributed by atoms with Gasteiger partial charge in [0.1, 0.15) is 6.04 Å². The number of aliphatic carboxylic acids is 1. The second-order valence-corrected chi connectivity index (χ2v) is 8.02. The lowest BCUT2D eigenvalue weighted by Gasteiger charge is -2.38. The molecule has 0 radical (unpaired) electrons. The van der Waals surface area contributed by atoms with E-state index in [-0.39, 0.29) is 18.1 Å². The minimum absolute atomic E-state index is 0.0429. The zero-order chi connectivity index (χ0) is 20.1. The van der Waals surface area contributed by atoms with Crippen LogP contribution in [-0.2, 0) is 4.79 Å². The van der Waals surface area contributed by atoms with Crippen LogP contribution in [0.25, 0.3) is 0 Å². The van der Waals surface area contributed by atoms with Crippen LogP contribution in [0.1, 0.15) is 43.9 Å². The van der Waals surface area contributed by atoms with Crippen LogP contribution >= 0.6 is 11.8 Å². The largest absolute Gasteiger partial charge is 0.480 e. The van der Waals surface area contributed by atoms with E-state index in [0.29, 0.717) is 17.7 Å². The Kier molecular flexibility index (Phi) is 7.23. The van der Waals surface area contributed by atoms with Crippen LogP contribution in [-0.4, -0.2) is 34.2 Å². The Morgan fingerprint density at radius 1 is 1.19 bits per heavy atom. The summed E-state index contributed by atoms with van der Waals surface area (Å²) in [6.45, 7) is 3.29. The molecule has 27 heavy (non-hydrogen) atoms. The van der Waals surface area contributed by atoms with E-state index < -0.39 is 23.3 Å². The molecule has 2 rings (SSSR count). The maximum Gasteiger partial charge on any atom is 0.320 e. The second kappa shape index (κ2) is 9.02. The third-order valence-corrected chi connectivity index (χ3v) is 6.44. The fraction of sp³-hybridized carbons (Fsp3) is 0.476. The van der Waals surface area contributed by atoms with Gasteiger partial charge in [-0.3, -0.25) is 4.79 Å². The van der Waals surface area contributed by atoms with E-state index in [1.54, 1.807) is 19.9 Å². The summed E-state index contributed by atoms with van der Waals surface area (Å²) in [6.07, 6.45) is 4.83. The van der Waals surface area contributed by atoms with Gasteiger partial charge in [-0.15, -0.1) is 11.8 Å². The number of hydrogen-bond acceptors (Lipinski definition) is 3. The molecule has 3 nitrogen and oxygen atoms in total. The Balaban J connectivity index is 2.30. The first-order valence-corrected chi connectivity index (χ1v) is 10.3. The molecule has 4 unspecified atom stereocenters. The molecule has 1 aromatic rings. The van der Waals surface area contributed by atoms with Crippen LogP contribution in [0.5, 0.6) is 0 Å². The van der Waals surface area contributed by atoms with Crippen molar-refractivity contribution in [3.05, 3.63) is 59.7 Å². The first-order chi connectivity index (χ1) is 12.8. The fourth-order valence-corrected chi connectivity index (χ4v) is 4.53. The minimum atomic E-state index is -2.06. The summed E-state index contributed by atoms with van der Waals surface area (Å²) in [5.74, 6) is -0.541. The van der Waals surface area contributed by atoms with Gasteiger partial charge in [-0.05, 0) is 48.3 Å². The monoisotopic (exact) mass is 395 g/mol. The van der Waals surface area contributed by atoms with Crippen LogP contribution in [0.3, 0.4) is 0 Å². The molecule has 0 saturated carbocycles. The van der Waals surface area contributed by atoms with Gasteiger partial charge >= 0.3 is 5.97 Å². The first-order valence-electron chi connectivity index (χ1n) is 9.21. The lowest BCUT2D eigenvalue weighted by molar-refractivity contribution is -0.138. The number of hydrogen-bond donors (Lipinski definition) is 2. The van der Waals surface area contributed by atoms with Crippen LogP contribution in [0, 0.1) is 0 Å². The van der Waals surface area contributed by atoms with Crippen molar-refractivity contribution >= 4 is 17.7 Å². The normalized spacial score (nSPS) is 27.1. The van der Waals surface area contributed by atoms with Gasteiger partial charge in [-0.2, -0.15) is 0 Å². The number of alkyl halides is 2. The lowest BCUT2D eigenvalue weighted by Crippen LogP contribution is -2.45. The van der Waals surface area contributed by atoms with E-state index in [4.69, 9.17) is 10.8 Å². The quantitative estimate of drug-likeness (QED) is 0.618. The van der Waals surface area contributed by atoms with Crippen molar-refractivity contribution < 1.29 is 18.7 Å². The van der Waals surface area contributed by atoms with Gasteiger partial charge in [0, 0.05) is 0 Å². The van der Waals surface area contributed by atoms with Gasteiger partial charge in [-0.25, -0.2) is 8.78 Å². The van der Waals surface area contributed by atoms with Crippen molar-refractivity contribution in [2.24, 2.45) is 5.73 Å². The zero-order valence-electron chi connectivity index (χ0n) is 15.7. The third-order valence-electron chi connectivity index (χ3n) is 5.09. The molecule has 4 atom stereocenters. The summed E-state index contributed by atoms with van der Waals surface area (Å²) in [7, 11) is 0. The van der Waals surface area contributed by atoms with Crippen LogP contribution in [0.15, 0.2) is 54.1 Å². The number of carbonyl (C=O) groups is 1. The van der Waals surface area contributed by atoms with E-state index in [1.165, 1.54) is 23.9 Å². The van der Waals surface area contributed by atoms with Crippen molar-refractivity contribution in [1.82, 2.24) is 0 Å². The molecule has 0 bridgehead atoms. The highest BCUT2D eigenvalue weighted by Gasteiger charge is 2.49. The maximum atomic E-state index is 15.4. The predicted molar refractivity (Wildman–Crippen MR) is 107 cm³/mol. The molecule has 3 N–H and O–H groups in total. The summed E-state index contributed by atoms with van der Waals surface area (Å²) in [5, 5.41) is 8.73. The summed E-state index contributed by atoms with van der Waals surface area (Å²) in [4.78, 5) is 10.9. The molecule has 0 spiro atoms. The Morgan fingerprint density at radius 3 is 2.37 bits per heavy atom. The molecular formula is C21H27F2NO2S. The first kappa shape index (κ1) is 21.6. The predicted octanol–water partition coefficient (Wildman–Crippen LogP) is 5.00. The highest BCUT2D eigenvalue weighted by Crippen LogP contribution is 2.47. The Bertz CT molecular complexity index is 709. The standard InChI is InChI=1S/C21H27F2NO2S/c1-3-20(22)12-10-16(14-21(20,23)4-2)18(15-8-6-5-7-9-15)27-13-11-17(24)19(25)26/h5-10,12,14,17-18H,3-4,11,13,24H2,1-2H3,(H,25,26). The van der Waals surface area contributed by atoms with Gasteiger partial charge in [0.25, 0.3) is 0 Å². The van der Waals surface area contributed by atoms with Crippen molar-refractivity contribution in [2.75, 3.05) is 5.75 Å². The number of halogens is 2. The molecule has 1 aliphatic carbocycles. The lowest BCUT2D eigenvalue weighted by atomic mass is 9.76. The van der Waals surface area contributed by atoms with E-state index in [9.17, 15) is 4.79 Å². The number of benzene rings is 1. The van der Waals surface area contributed by atoms with Gasteiger partial charge in [0.15, 0.2) is 11.3 Å². The highest BCUT2D eigenvalue weighted by atomic mass is 32.2. The number of rotatable bonds is 9. The average molecular weight is 396 g/mol. The molecule has 0 fully saturated rings. The molecule has 0 amide bonds. The average Bonchev–Trinajstić information content (AvgIpc) is 2.68. The van der Waals surface area contributed by atoms with E-state index in [2.05, 4.69) is 0 Å². The summed E-state index contributed by atoms with van der Waals surface area (Å²) in [5.41, 5.74) is 3.17. The Labute approximate surface area is 163 Å². The van der Waals surface area contributed by atoms with Crippen molar-refractivity contribution in [1.29, 1.82) is 0 Å². The van der Waals surface area contributed by atoms with Crippen molar-refractivity contribution in [3.63, 3.8) is 0 Å². The number of carboxylic acid groups (broad SMARTS) is 1. The number of allylic oxidation sites excluding steroid dienone is 3. The minimum Gasteiger partial charge on any atom is -0.480 e. The fourth-order valence-electron chi connectivity index (χ4n) is 3.22. The smallest absolute Gasteiger partial charge is 0.320 e. The van der Waals surface area contributed by atoms with Crippen LogP contribution in [0.4, 0.5) is 8.78 Å². The summed E-state index contributed by atoms with van der Waals surface area (Å²) in [6, 6.07) is 8.63. The van der Waals surface area contributed by atoms with Crippen molar-refractivity contribution in [2.45, 2.75) is 55.7 Å². The highest BCUT2D eigenvalue weighted by molar-refractivity contribution is 7.99. The van der Waals surface area contributed by atoms with Gasteiger partial charge in [0.05, 0.1) is 5.25 Å². The number of thioether (sulfide) groups is 1. The molecule has 0 aromatic heterocycles. The topological polar surface area (TPSA) is 63.3 Å². The molecule has 1 aliphatic rings. The van der Waals surface area contributed by atoms with Gasteiger partial charge < -0.3 is 10.8 Å². The van der Waals surface area contributed by atoms with Crippen LogP contribution in [0.2, 0.25) is 0 Å². The van der Waals surface area contributed by atoms with Crippen LogP contribution < -0.4 is 5.73 Å². The number of nitrogens with two attached hydrogens (primary N) is 1. The Morgan fingerprint density at radius 2 is 1.81 bits per heavy atom. The van der Waals surface area contributed by atoms with Gasteiger partial charge in [0.2, 0.25) is 0 Å². The summed E-state index contributed by atoms with van der Waals surface area (Å²) < 4.78 is 30.5. The SMILES string of the molecule is CCC1(F)C=CC(C(SCCC(N)C(=O)O)c2ccccc2)=CC1(F)CC. The van der Waals surface area contributed by atoms with E-state index in [1.807, 2.05) is 30.3 Å². The van der Waals surface area contributed by atoms with E-state index >= 15 is 8.78 Å². The van der Waals surface area contributed by atoms with E-state index in [0.717, 1.165) is 5.56 Å². The molecule has 148 valence electrons. The molecule has 1 aromatic carbocycles. The van der Waals surface area contributed by atoms with Gasteiger partial charge in [-0.1, -0.05) is 50.3 Å². The molecular weight excluding hydrogens is 368 g/mol. The molecule has 6 heteroatoms. The second-order valence-electron chi connectivity index (χ2n) is 6.80. The molecule has 0 heterocycles. The Hall–Kier alpha value is -1.66. The van der Waals surface area contributed by atoms with Crippen molar-refractivity contribution in [3.8, 4) is 0 Å². The summed E-state index contributed by atoms with van der Waals surface area (Å²) >= 11 is 1.49. The third kappa shape index (κ3) is 4.79. The molecule has 0 saturated heterocycles. The maximum absolute atomic E-state index is 15.4. The number of carboxylic acids is 1. The molecule has 0 aliphatic heterocycles. The zero-order valence-corrected chi connectivity index (χ0v) is 16.5.